The molecule has 1 radical (unpaired) electrons. The van der Waals surface area contributed by atoms with E-state index in [9.17, 15) is 4.79 Å². The van der Waals surface area contributed by atoms with Crippen LogP contribution in [0.1, 0.15) is 111 Å². The fourth-order valence-corrected chi connectivity index (χ4v) is 11.9. The molecule has 1 rings (SSSR count). The predicted octanol–water partition coefficient (Wildman–Crippen LogP) is 7.53. The summed E-state index contributed by atoms with van der Waals surface area (Å²) in [6, 6.07) is 2.30. The maximum Gasteiger partial charge on any atom is 0.402 e. The van der Waals surface area contributed by atoms with Crippen molar-refractivity contribution in [1.29, 1.82) is 0 Å². The number of unbranched alkanes of at least 4 members (excludes halogenated alkanes) is 6. The van der Waals surface area contributed by atoms with Gasteiger partial charge in [0, 0.05) is 14.2 Å². The zero-order valence-electron chi connectivity index (χ0n) is 20.8. The summed E-state index contributed by atoms with van der Waals surface area (Å²) in [7, 11) is -0.556. The van der Waals surface area contributed by atoms with Crippen LogP contribution in [0.4, 0.5) is 0 Å². The van der Waals surface area contributed by atoms with Crippen molar-refractivity contribution in [3.05, 3.63) is 0 Å². The average Bonchev–Trinajstić information content (AvgIpc) is 3.30. The van der Waals surface area contributed by atoms with E-state index < -0.39 is 22.6 Å². The molecule has 0 amide bonds. The molecule has 30 heavy (non-hydrogen) atoms. The molecule has 0 aromatic carbocycles. The third-order valence-electron chi connectivity index (χ3n) is 7.28. The molecule has 1 unspecified atom stereocenters. The van der Waals surface area contributed by atoms with Gasteiger partial charge in [-0.25, -0.2) is 0 Å². The van der Waals surface area contributed by atoms with E-state index in [-0.39, 0.29) is 5.97 Å². The lowest BCUT2D eigenvalue weighted by Gasteiger charge is -2.40. The Morgan fingerprint density at radius 2 is 1.40 bits per heavy atom. The van der Waals surface area contributed by atoms with E-state index in [2.05, 4.69) is 20.8 Å². The van der Waals surface area contributed by atoms with Crippen LogP contribution in [0, 0.1) is 0 Å². The summed E-state index contributed by atoms with van der Waals surface area (Å²) in [4.78, 5) is 13.7. The van der Waals surface area contributed by atoms with Gasteiger partial charge in [-0.15, -0.1) is 0 Å². The Balaban J connectivity index is 3.11. The second-order valence-electron chi connectivity index (χ2n) is 9.44. The van der Waals surface area contributed by atoms with E-state index in [1.54, 1.807) is 14.2 Å². The largest absolute Gasteiger partial charge is 0.518 e. The van der Waals surface area contributed by atoms with Crippen molar-refractivity contribution < 1.29 is 18.1 Å². The summed E-state index contributed by atoms with van der Waals surface area (Å²) in [6.45, 7) is 8.58. The average molecular weight is 458 g/mol. The zero-order valence-corrected chi connectivity index (χ0v) is 22.8. The highest BCUT2D eigenvalue weighted by Gasteiger charge is 2.52. The first-order valence-electron chi connectivity index (χ1n) is 12.6. The maximum atomic E-state index is 13.7. The molecule has 6 heteroatoms. The molecule has 1 saturated carbocycles. The molecule has 0 aromatic heterocycles. The molecule has 0 N–H and O–H groups in total. The van der Waals surface area contributed by atoms with Gasteiger partial charge in [0.25, 0.3) is 14.3 Å². The smallest absolute Gasteiger partial charge is 0.402 e. The lowest BCUT2D eigenvalue weighted by atomic mass is 10.1. The topological polar surface area (TPSA) is 44.8 Å². The number of carbonyl (C=O) groups excluding carboxylic acids is 1. The number of rotatable bonds is 17. The third kappa shape index (κ3) is 7.75. The van der Waals surface area contributed by atoms with E-state index in [1.807, 2.05) is 6.92 Å². The highest BCUT2D eigenvalue weighted by molar-refractivity contribution is 6.77. The Hall–Kier alpha value is -0.176. The minimum absolute atomic E-state index is 0.0351. The van der Waals surface area contributed by atoms with Crippen LogP contribution in [0.5, 0.6) is 0 Å². The summed E-state index contributed by atoms with van der Waals surface area (Å²) < 4.78 is 18.1. The number of hydrogen-bond donors (Lipinski definition) is 0. The second kappa shape index (κ2) is 14.8. The van der Waals surface area contributed by atoms with Gasteiger partial charge >= 0.3 is 9.28 Å². The van der Waals surface area contributed by atoms with Crippen molar-refractivity contribution >= 4 is 23.6 Å². The summed E-state index contributed by atoms with van der Waals surface area (Å²) >= 11 is 0. The van der Waals surface area contributed by atoms with Crippen LogP contribution in [-0.2, 0) is 18.1 Å². The Labute approximate surface area is 189 Å². The fraction of sp³-hybridized carbons (Fsp3) is 0.958. The van der Waals surface area contributed by atoms with E-state index >= 15 is 0 Å². The van der Waals surface area contributed by atoms with Gasteiger partial charge in [-0.05, 0) is 43.8 Å². The van der Waals surface area contributed by atoms with Gasteiger partial charge in [0.1, 0.15) is 5.04 Å². The minimum Gasteiger partial charge on any atom is -0.518 e. The molecule has 0 bridgehead atoms. The Bertz CT molecular complexity index is 452. The van der Waals surface area contributed by atoms with Crippen LogP contribution < -0.4 is 0 Å². The van der Waals surface area contributed by atoms with Crippen LogP contribution >= 0.6 is 0 Å². The Kier molecular flexibility index (Phi) is 13.7. The standard InChI is InChI=1S/C24H49O4Si2/c1-7-10-12-16-20-30(21-17-13-11-8-2,22-18-14-15-19-22)28-23(25)24(4,9-3)29(26-5)27-6/h22H,7-21H2,1-6H3. The van der Waals surface area contributed by atoms with Crippen molar-refractivity contribution in [3.8, 4) is 0 Å². The lowest BCUT2D eigenvalue weighted by Crippen LogP contribution is -2.50. The molecule has 1 atom stereocenters. The Morgan fingerprint density at radius 3 is 1.80 bits per heavy atom. The molecule has 1 aliphatic carbocycles. The minimum atomic E-state index is -2.17. The molecule has 4 nitrogen and oxygen atoms in total. The highest BCUT2D eigenvalue weighted by Crippen LogP contribution is 2.47. The van der Waals surface area contributed by atoms with E-state index in [4.69, 9.17) is 13.3 Å². The van der Waals surface area contributed by atoms with Gasteiger partial charge in [0.05, 0.1) is 0 Å². The normalized spacial score (nSPS) is 17.4. The maximum absolute atomic E-state index is 13.7. The second-order valence-corrected chi connectivity index (χ2v) is 16.1. The van der Waals surface area contributed by atoms with Crippen molar-refractivity contribution in [2.24, 2.45) is 0 Å². The number of carbonyl (C=O) groups is 1. The van der Waals surface area contributed by atoms with E-state index in [0.717, 1.165) is 12.1 Å². The first-order valence-corrected chi connectivity index (χ1v) is 16.3. The predicted molar refractivity (Wildman–Crippen MR) is 130 cm³/mol. The van der Waals surface area contributed by atoms with Crippen molar-refractivity contribution in [2.75, 3.05) is 14.2 Å². The molecule has 0 saturated heterocycles. The van der Waals surface area contributed by atoms with Crippen LogP contribution in [-0.4, -0.2) is 37.8 Å². The van der Waals surface area contributed by atoms with Crippen LogP contribution in [0.15, 0.2) is 0 Å². The van der Waals surface area contributed by atoms with Crippen molar-refractivity contribution in [3.63, 3.8) is 0 Å². The molecule has 0 heterocycles. The summed E-state index contributed by atoms with van der Waals surface area (Å²) in [6.07, 6.45) is 15.8. The number of hydrogen-bond acceptors (Lipinski definition) is 4. The van der Waals surface area contributed by atoms with Gasteiger partial charge < -0.3 is 13.3 Å². The van der Waals surface area contributed by atoms with Crippen LogP contribution in [0.3, 0.4) is 0 Å². The van der Waals surface area contributed by atoms with Gasteiger partial charge in [0.2, 0.25) is 0 Å². The van der Waals surface area contributed by atoms with Crippen LogP contribution in [0.2, 0.25) is 22.7 Å². The monoisotopic (exact) mass is 457 g/mol. The lowest BCUT2D eigenvalue weighted by molar-refractivity contribution is -0.139. The van der Waals surface area contributed by atoms with Crippen molar-refractivity contribution in [2.45, 2.75) is 134 Å². The Morgan fingerprint density at radius 1 is 0.900 bits per heavy atom. The highest BCUT2D eigenvalue weighted by atomic mass is 28.4. The van der Waals surface area contributed by atoms with Gasteiger partial charge in [-0.2, -0.15) is 0 Å². The summed E-state index contributed by atoms with van der Waals surface area (Å²) in [5.41, 5.74) is 0.645. The summed E-state index contributed by atoms with van der Waals surface area (Å²) in [5.74, 6) is -0.0351. The molecule has 0 spiro atoms. The fourth-order valence-electron chi connectivity index (χ4n) is 5.08. The zero-order chi connectivity index (χ0) is 22.5. The van der Waals surface area contributed by atoms with Gasteiger partial charge in [-0.1, -0.05) is 85.0 Å². The summed E-state index contributed by atoms with van der Waals surface area (Å²) in [5, 5.41) is -0.655. The SMILES string of the molecule is CCCCCC[Si](CCCCCC)(OC(=O)C(C)(CC)[Si](OC)OC)C1CCCC1. The van der Waals surface area contributed by atoms with Crippen LogP contribution in [0.25, 0.3) is 0 Å². The molecule has 1 aliphatic rings. The molecular weight excluding hydrogens is 408 g/mol. The van der Waals surface area contributed by atoms with E-state index in [0.29, 0.717) is 12.0 Å². The first kappa shape index (κ1) is 27.9. The molecule has 0 aromatic rings. The molecular formula is C24H49O4Si2. The first-order chi connectivity index (χ1) is 14.4. The quantitative estimate of drug-likeness (QED) is 0.167. The van der Waals surface area contributed by atoms with Gasteiger partial charge in [0.15, 0.2) is 0 Å². The van der Waals surface area contributed by atoms with Gasteiger partial charge in [-0.3, -0.25) is 4.79 Å². The molecule has 1 fully saturated rings. The molecule has 0 aliphatic heterocycles. The van der Waals surface area contributed by atoms with E-state index in [1.165, 1.54) is 77.0 Å². The van der Waals surface area contributed by atoms with Crippen molar-refractivity contribution in [1.82, 2.24) is 0 Å². The third-order valence-corrected chi connectivity index (χ3v) is 14.5. The molecule has 177 valence electrons.